The number of hydrogen-bond donors (Lipinski definition) is 1. The van der Waals surface area contributed by atoms with E-state index in [1.54, 1.807) is 0 Å². The molecule has 5 heteroatoms. The number of aryl methyl sites for hydroxylation is 1. The number of hydrogen-bond acceptors (Lipinski definition) is 3. The fourth-order valence-corrected chi connectivity index (χ4v) is 2.95. The number of benzene rings is 1. The normalized spacial score (nSPS) is 17.7. The highest BCUT2D eigenvalue weighted by Gasteiger charge is 2.32. The summed E-state index contributed by atoms with van der Waals surface area (Å²) in [6.45, 7) is 6.87. The highest BCUT2D eigenvalue weighted by molar-refractivity contribution is 5.90. The Morgan fingerprint density at radius 2 is 2.17 bits per heavy atom. The van der Waals surface area contributed by atoms with E-state index in [0.717, 1.165) is 42.1 Å². The number of para-hydroxylation sites is 1. The largest absolute Gasteiger partial charge is 0.361 e. The summed E-state index contributed by atoms with van der Waals surface area (Å²) in [5, 5.41) is 7.19. The zero-order valence-corrected chi connectivity index (χ0v) is 13.9. The first-order chi connectivity index (χ1) is 11.1. The third kappa shape index (κ3) is 3.23. The fourth-order valence-electron chi connectivity index (χ4n) is 2.95. The minimum atomic E-state index is -0.0732. The van der Waals surface area contributed by atoms with E-state index in [0.29, 0.717) is 5.92 Å². The van der Waals surface area contributed by atoms with Crippen molar-refractivity contribution in [3.05, 3.63) is 47.3 Å². The van der Waals surface area contributed by atoms with Crippen LogP contribution in [0.3, 0.4) is 0 Å². The van der Waals surface area contributed by atoms with E-state index in [-0.39, 0.29) is 12.1 Å². The molecular weight excluding hydrogens is 290 g/mol. The average molecular weight is 313 g/mol. The monoisotopic (exact) mass is 313 g/mol. The van der Waals surface area contributed by atoms with Gasteiger partial charge in [0, 0.05) is 24.2 Å². The Labute approximate surface area is 136 Å². The van der Waals surface area contributed by atoms with Crippen molar-refractivity contribution in [3.63, 3.8) is 0 Å². The highest BCUT2D eigenvalue weighted by Crippen LogP contribution is 2.33. The molecule has 23 heavy (non-hydrogen) atoms. The van der Waals surface area contributed by atoms with Gasteiger partial charge in [0.25, 0.3) is 0 Å². The van der Waals surface area contributed by atoms with Crippen molar-refractivity contribution in [2.75, 3.05) is 11.9 Å². The maximum atomic E-state index is 12.6. The van der Waals surface area contributed by atoms with E-state index < -0.39 is 0 Å². The molecule has 0 unspecified atom stereocenters. The molecule has 2 aromatic rings. The topological polar surface area (TPSA) is 58.4 Å². The van der Waals surface area contributed by atoms with Gasteiger partial charge in [-0.25, -0.2) is 4.79 Å². The first kappa shape index (κ1) is 15.6. The molecule has 1 N–H and O–H groups in total. The number of anilines is 1. The van der Waals surface area contributed by atoms with Crippen LogP contribution in [0.2, 0.25) is 0 Å². The number of aromatic nitrogens is 1. The second kappa shape index (κ2) is 6.44. The molecule has 0 saturated carbocycles. The summed E-state index contributed by atoms with van der Waals surface area (Å²) in [6.07, 6.45) is 1.90. The van der Waals surface area contributed by atoms with Gasteiger partial charge in [0.05, 0.1) is 6.04 Å². The minimum Gasteiger partial charge on any atom is -0.361 e. The zero-order chi connectivity index (χ0) is 16.4. The molecule has 1 aliphatic heterocycles. The van der Waals surface area contributed by atoms with Crippen molar-refractivity contribution in [2.45, 2.75) is 45.6 Å². The van der Waals surface area contributed by atoms with E-state index in [9.17, 15) is 4.79 Å². The van der Waals surface area contributed by atoms with Gasteiger partial charge in [0.15, 0.2) is 0 Å². The van der Waals surface area contributed by atoms with Crippen molar-refractivity contribution in [3.8, 4) is 0 Å². The molecular formula is C18H23N3O2. The Hall–Kier alpha value is -2.30. The standard InChI is InChI=1S/C18H23N3O2/c1-12(2)17-11-15(20-23-17)16-9-6-10-21(16)18(22)19-14-8-5-4-7-13(14)3/h4-5,7-8,11-12,16H,6,9-10H2,1-3H3,(H,19,22)/t16-/m0/s1. The molecule has 0 bridgehead atoms. The lowest BCUT2D eigenvalue weighted by atomic mass is 10.1. The Balaban J connectivity index is 1.75. The lowest BCUT2D eigenvalue weighted by Gasteiger charge is -2.23. The molecule has 0 spiro atoms. The maximum absolute atomic E-state index is 12.6. The fraction of sp³-hybridized carbons (Fsp3) is 0.444. The molecule has 1 aromatic carbocycles. The average Bonchev–Trinajstić information content (AvgIpc) is 3.17. The minimum absolute atomic E-state index is 0.00438. The summed E-state index contributed by atoms with van der Waals surface area (Å²) >= 11 is 0. The summed E-state index contributed by atoms with van der Waals surface area (Å²) in [6, 6.07) is 9.71. The number of carbonyl (C=O) groups excluding carboxylic acids is 1. The van der Waals surface area contributed by atoms with Crippen LogP contribution in [0, 0.1) is 6.92 Å². The molecule has 1 saturated heterocycles. The van der Waals surface area contributed by atoms with Gasteiger partial charge in [-0.05, 0) is 31.4 Å². The van der Waals surface area contributed by atoms with E-state index in [2.05, 4.69) is 24.3 Å². The number of likely N-dealkylation sites (tertiary alicyclic amines) is 1. The molecule has 5 nitrogen and oxygen atoms in total. The number of nitrogens with one attached hydrogen (secondary N) is 1. The second-order valence-electron chi connectivity index (χ2n) is 6.41. The Morgan fingerprint density at radius 3 is 2.87 bits per heavy atom. The summed E-state index contributed by atoms with van der Waals surface area (Å²) in [7, 11) is 0. The van der Waals surface area contributed by atoms with Crippen LogP contribution in [-0.4, -0.2) is 22.6 Å². The van der Waals surface area contributed by atoms with E-state index in [1.165, 1.54) is 0 Å². The number of carbonyl (C=O) groups is 1. The van der Waals surface area contributed by atoms with Crippen LogP contribution >= 0.6 is 0 Å². The molecule has 1 atom stereocenters. The smallest absolute Gasteiger partial charge is 0.322 e. The summed E-state index contributed by atoms with van der Waals surface area (Å²) in [4.78, 5) is 14.5. The highest BCUT2D eigenvalue weighted by atomic mass is 16.5. The molecule has 1 aromatic heterocycles. The lowest BCUT2D eigenvalue weighted by molar-refractivity contribution is 0.204. The first-order valence-electron chi connectivity index (χ1n) is 8.16. The first-order valence-corrected chi connectivity index (χ1v) is 8.16. The molecule has 122 valence electrons. The molecule has 1 aliphatic rings. The van der Waals surface area contributed by atoms with Crippen LogP contribution < -0.4 is 5.32 Å². The van der Waals surface area contributed by atoms with Gasteiger partial charge in [-0.15, -0.1) is 0 Å². The molecule has 2 amide bonds. The summed E-state index contributed by atoms with van der Waals surface area (Å²) < 4.78 is 5.40. The van der Waals surface area contributed by atoms with Crippen LogP contribution in [0.4, 0.5) is 10.5 Å². The number of rotatable bonds is 3. The van der Waals surface area contributed by atoms with Gasteiger partial charge in [-0.3, -0.25) is 0 Å². The van der Waals surface area contributed by atoms with Gasteiger partial charge in [0.2, 0.25) is 0 Å². The van der Waals surface area contributed by atoms with Crippen molar-refractivity contribution in [1.29, 1.82) is 0 Å². The third-order valence-corrected chi connectivity index (χ3v) is 4.36. The van der Waals surface area contributed by atoms with Crippen molar-refractivity contribution in [2.24, 2.45) is 0 Å². The molecule has 1 fully saturated rings. The molecule has 3 rings (SSSR count). The number of urea groups is 1. The Kier molecular flexibility index (Phi) is 4.37. The van der Waals surface area contributed by atoms with Crippen LogP contribution in [0.25, 0.3) is 0 Å². The number of amides is 2. The van der Waals surface area contributed by atoms with Crippen LogP contribution in [-0.2, 0) is 0 Å². The predicted molar refractivity (Wildman–Crippen MR) is 89.5 cm³/mol. The van der Waals surface area contributed by atoms with Gasteiger partial charge in [-0.2, -0.15) is 0 Å². The van der Waals surface area contributed by atoms with Gasteiger partial charge in [0.1, 0.15) is 11.5 Å². The summed E-state index contributed by atoms with van der Waals surface area (Å²) in [5.41, 5.74) is 2.76. The van der Waals surface area contributed by atoms with Crippen molar-refractivity contribution >= 4 is 11.7 Å². The zero-order valence-electron chi connectivity index (χ0n) is 13.9. The second-order valence-corrected chi connectivity index (χ2v) is 6.41. The van der Waals surface area contributed by atoms with E-state index in [1.807, 2.05) is 42.2 Å². The van der Waals surface area contributed by atoms with Gasteiger partial charge >= 0.3 is 6.03 Å². The van der Waals surface area contributed by atoms with E-state index >= 15 is 0 Å². The van der Waals surface area contributed by atoms with Crippen LogP contribution in [0.1, 0.15) is 55.7 Å². The third-order valence-electron chi connectivity index (χ3n) is 4.36. The Morgan fingerprint density at radius 1 is 1.39 bits per heavy atom. The van der Waals surface area contributed by atoms with Crippen molar-refractivity contribution < 1.29 is 9.32 Å². The number of nitrogens with zero attached hydrogens (tertiary/aromatic N) is 2. The maximum Gasteiger partial charge on any atom is 0.322 e. The summed E-state index contributed by atoms with van der Waals surface area (Å²) in [5.74, 6) is 1.16. The van der Waals surface area contributed by atoms with Gasteiger partial charge < -0.3 is 14.7 Å². The molecule has 0 aliphatic carbocycles. The quantitative estimate of drug-likeness (QED) is 0.909. The van der Waals surface area contributed by atoms with E-state index in [4.69, 9.17) is 4.52 Å². The molecule has 0 radical (unpaired) electrons. The Bertz CT molecular complexity index is 693. The predicted octanol–water partition coefficient (Wildman–Crippen LogP) is 4.48. The van der Waals surface area contributed by atoms with Gasteiger partial charge in [-0.1, -0.05) is 37.2 Å². The SMILES string of the molecule is Cc1ccccc1NC(=O)N1CCC[C@H]1c1cc(C(C)C)on1. The van der Waals surface area contributed by atoms with Crippen LogP contribution in [0.5, 0.6) is 0 Å². The molecule has 2 heterocycles. The van der Waals surface area contributed by atoms with Crippen molar-refractivity contribution in [1.82, 2.24) is 10.1 Å². The van der Waals surface area contributed by atoms with Crippen LogP contribution in [0.15, 0.2) is 34.9 Å². The lowest BCUT2D eigenvalue weighted by Crippen LogP contribution is -2.34.